The molecule has 0 bridgehead atoms. The highest BCUT2D eigenvalue weighted by molar-refractivity contribution is 5.67. The molecule has 1 N–H and O–H groups in total. The summed E-state index contributed by atoms with van der Waals surface area (Å²) in [5.74, 6) is 0. The third kappa shape index (κ3) is 1.89. The SMILES string of the molecule is [C-]#[N+]c1c[nH]n2c(=O)c(CCC)c(COC)nc12. The second kappa shape index (κ2) is 5.02. The molecule has 94 valence electrons. The monoisotopic (exact) mass is 246 g/mol. The van der Waals surface area contributed by atoms with Crippen LogP contribution in [0.4, 0.5) is 5.69 Å². The number of H-pyrrole nitrogens is 1. The third-order valence-electron chi connectivity index (χ3n) is 2.72. The minimum Gasteiger partial charge on any atom is -0.378 e. The summed E-state index contributed by atoms with van der Waals surface area (Å²) in [6.45, 7) is 9.32. The Bertz CT molecular complexity index is 663. The van der Waals surface area contributed by atoms with Crippen molar-refractivity contribution >= 4 is 11.3 Å². The van der Waals surface area contributed by atoms with Crippen LogP contribution in [0.2, 0.25) is 0 Å². The van der Waals surface area contributed by atoms with Gasteiger partial charge in [0, 0.05) is 18.9 Å². The van der Waals surface area contributed by atoms with E-state index in [9.17, 15) is 4.79 Å². The summed E-state index contributed by atoms with van der Waals surface area (Å²) in [6, 6.07) is 0. The van der Waals surface area contributed by atoms with Crippen LogP contribution in [0.5, 0.6) is 0 Å². The minimum absolute atomic E-state index is 0.149. The van der Waals surface area contributed by atoms with Crippen LogP contribution in [0.1, 0.15) is 24.6 Å². The summed E-state index contributed by atoms with van der Waals surface area (Å²) in [4.78, 5) is 20.0. The maximum Gasteiger partial charge on any atom is 0.274 e. The van der Waals surface area contributed by atoms with Crippen molar-refractivity contribution in [2.24, 2.45) is 0 Å². The Balaban J connectivity index is 2.75. The third-order valence-corrected chi connectivity index (χ3v) is 2.72. The van der Waals surface area contributed by atoms with Crippen LogP contribution in [0, 0.1) is 6.57 Å². The molecule has 6 heteroatoms. The predicted octanol–water partition coefficient (Wildman–Crippen LogP) is 1.67. The Kier molecular flexibility index (Phi) is 3.44. The molecule has 0 aliphatic rings. The van der Waals surface area contributed by atoms with Crippen LogP contribution >= 0.6 is 0 Å². The Morgan fingerprint density at radius 2 is 2.39 bits per heavy atom. The van der Waals surface area contributed by atoms with E-state index in [1.54, 1.807) is 7.11 Å². The van der Waals surface area contributed by atoms with E-state index in [1.165, 1.54) is 10.7 Å². The molecular formula is C12H14N4O2. The molecule has 0 aromatic carbocycles. The Morgan fingerprint density at radius 3 is 3.00 bits per heavy atom. The molecule has 0 atom stereocenters. The summed E-state index contributed by atoms with van der Waals surface area (Å²) < 4.78 is 6.39. The van der Waals surface area contributed by atoms with Crippen molar-refractivity contribution in [2.75, 3.05) is 7.11 Å². The number of aromatic nitrogens is 3. The molecule has 0 spiro atoms. The van der Waals surface area contributed by atoms with Crippen LogP contribution in [0.15, 0.2) is 11.0 Å². The Labute approximate surface area is 104 Å². The molecule has 0 amide bonds. The molecule has 0 aliphatic heterocycles. The summed E-state index contributed by atoms with van der Waals surface area (Å²) in [7, 11) is 1.56. The molecular weight excluding hydrogens is 232 g/mol. The molecule has 0 saturated carbocycles. The average Bonchev–Trinajstić information content (AvgIpc) is 2.77. The first kappa shape index (κ1) is 12.3. The van der Waals surface area contributed by atoms with Crippen molar-refractivity contribution in [1.82, 2.24) is 14.6 Å². The summed E-state index contributed by atoms with van der Waals surface area (Å²) in [6.07, 6.45) is 3.00. The number of ether oxygens (including phenoxy) is 1. The smallest absolute Gasteiger partial charge is 0.274 e. The van der Waals surface area contributed by atoms with Crippen molar-refractivity contribution in [2.45, 2.75) is 26.4 Å². The van der Waals surface area contributed by atoms with Crippen molar-refractivity contribution in [3.8, 4) is 0 Å². The van der Waals surface area contributed by atoms with Gasteiger partial charge in [0.1, 0.15) is 0 Å². The van der Waals surface area contributed by atoms with Gasteiger partial charge in [0.05, 0.1) is 18.9 Å². The molecule has 0 aliphatic carbocycles. The fraction of sp³-hybridized carbons (Fsp3) is 0.417. The minimum atomic E-state index is -0.149. The van der Waals surface area contributed by atoms with Gasteiger partial charge >= 0.3 is 0 Å². The van der Waals surface area contributed by atoms with E-state index < -0.39 is 0 Å². The first-order valence-electron chi connectivity index (χ1n) is 5.71. The van der Waals surface area contributed by atoms with Crippen LogP contribution < -0.4 is 5.56 Å². The summed E-state index contributed by atoms with van der Waals surface area (Å²) in [5.41, 5.74) is 1.82. The lowest BCUT2D eigenvalue weighted by atomic mass is 10.1. The number of nitrogens with zero attached hydrogens (tertiary/aromatic N) is 3. The number of aromatic amines is 1. The maximum absolute atomic E-state index is 12.3. The Hall–Kier alpha value is -2.13. The molecule has 0 radical (unpaired) electrons. The largest absolute Gasteiger partial charge is 0.378 e. The molecule has 2 aromatic rings. The zero-order valence-electron chi connectivity index (χ0n) is 10.4. The van der Waals surface area contributed by atoms with Crippen molar-refractivity contribution in [3.63, 3.8) is 0 Å². The van der Waals surface area contributed by atoms with E-state index in [4.69, 9.17) is 11.3 Å². The van der Waals surface area contributed by atoms with E-state index in [-0.39, 0.29) is 12.2 Å². The van der Waals surface area contributed by atoms with Gasteiger partial charge in [-0.2, -0.15) is 0 Å². The lowest BCUT2D eigenvalue weighted by Crippen LogP contribution is -2.23. The van der Waals surface area contributed by atoms with Gasteiger partial charge < -0.3 is 9.84 Å². The van der Waals surface area contributed by atoms with Gasteiger partial charge in [-0.1, -0.05) is 13.3 Å². The summed E-state index contributed by atoms with van der Waals surface area (Å²) in [5, 5.41) is 2.76. The summed E-state index contributed by atoms with van der Waals surface area (Å²) >= 11 is 0. The lowest BCUT2D eigenvalue weighted by molar-refractivity contribution is 0.180. The standard InChI is InChI=1S/C12H14N4O2/c1-4-5-8-10(7-18-3)15-11-9(13-2)6-14-16(11)12(8)17/h6,14H,4-5,7H2,1,3H3. The van der Waals surface area contributed by atoms with Gasteiger partial charge in [-0.05, 0) is 6.42 Å². The van der Waals surface area contributed by atoms with Gasteiger partial charge in [0.15, 0.2) is 5.65 Å². The highest BCUT2D eigenvalue weighted by Crippen LogP contribution is 2.18. The first-order valence-corrected chi connectivity index (χ1v) is 5.71. The second-order valence-electron chi connectivity index (χ2n) is 3.95. The van der Waals surface area contributed by atoms with Gasteiger partial charge in [0.25, 0.3) is 5.56 Å². The molecule has 2 aromatic heterocycles. The molecule has 0 saturated heterocycles. The van der Waals surface area contributed by atoms with Crippen LogP contribution in [-0.4, -0.2) is 21.7 Å². The molecule has 2 heterocycles. The number of rotatable bonds is 4. The van der Waals surface area contributed by atoms with Crippen molar-refractivity contribution in [1.29, 1.82) is 0 Å². The number of nitrogens with one attached hydrogen (secondary N) is 1. The fourth-order valence-corrected chi connectivity index (χ4v) is 1.92. The molecule has 18 heavy (non-hydrogen) atoms. The zero-order chi connectivity index (χ0) is 13.1. The number of hydrogen-bond donors (Lipinski definition) is 1. The normalized spacial score (nSPS) is 10.7. The number of methoxy groups -OCH3 is 1. The topological polar surface area (TPSA) is 63.8 Å². The molecule has 2 rings (SSSR count). The van der Waals surface area contributed by atoms with Crippen LogP contribution in [-0.2, 0) is 17.8 Å². The van der Waals surface area contributed by atoms with Crippen LogP contribution in [0.3, 0.4) is 0 Å². The van der Waals surface area contributed by atoms with Gasteiger partial charge in [-0.15, -0.1) is 0 Å². The number of fused-ring (bicyclic) bond motifs is 1. The van der Waals surface area contributed by atoms with Crippen LogP contribution in [0.25, 0.3) is 10.5 Å². The lowest BCUT2D eigenvalue weighted by Gasteiger charge is -2.07. The van der Waals surface area contributed by atoms with Gasteiger partial charge in [-0.3, -0.25) is 4.79 Å². The van der Waals surface area contributed by atoms with E-state index in [1.807, 2.05) is 6.92 Å². The van der Waals surface area contributed by atoms with Gasteiger partial charge in [-0.25, -0.2) is 14.3 Å². The maximum atomic E-state index is 12.3. The van der Waals surface area contributed by atoms with E-state index in [0.717, 1.165) is 6.42 Å². The highest BCUT2D eigenvalue weighted by Gasteiger charge is 2.15. The quantitative estimate of drug-likeness (QED) is 0.835. The molecule has 6 nitrogen and oxygen atoms in total. The fourth-order valence-electron chi connectivity index (χ4n) is 1.92. The second-order valence-corrected chi connectivity index (χ2v) is 3.95. The van der Waals surface area contributed by atoms with E-state index >= 15 is 0 Å². The predicted molar refractivity (Wildman–Crippen MR) is 66.8 cm³/mol. The van der Waals surface area contributed by atoms with E-state index in [0.29, 0.717) is 29.0 Å². The van der Waals surface area contributed by atoms with Gasteiger partial charge in [0.2, 0.25) is 5.69 Å². The zero-order valence-corrected chi connectivity index (χ0v) is 10.4. The van der Waals surface area contributed by atoms with E-state index in [2.05, 4.69) is 14.9 Å². The highest BCUT2D eigenvalue weighted by atomic mass is 16.5. The number of hydrogen-bond acceptors (Lipinski definition) is 3. The average molecular weight is 246 g/mol. The molecule has 0 fully saturated rings. The first-order chi connectivity index (χ1) is 8.72. The van der Waals surface area contributed by atoms with Crippen molar-refractivity contribution < 1.29 is 4.74 Å². The molecule has 0 unspecified atom stereocenters. The Morgan fingerprint density at radius 1 is 1.61 bits per heavy atom. The van der Waals surface area contributed by atoms with Crippen molar-refractivity contribution in [3.05, 3.63) is 39.2 Å².